The number of ether oxygens (including phenoxy) is 3. The lowest BCUT2D eigenvalue weighted by molar-refractivity contribution is -0.138. The van der Waals surface area contributed by atoms with E-state index in [0.717, 1.165) is 42.1 Å². The molecule has 0 bridgehead atoms. The number of aliphatic hydroxyl groups is 2. The smallest absolute Gasteiger partial charge is 0.388 e. The summed E-state index contributed by atoms with van der Waals surface area (Å²) in [6.07, 6.45) is -1.59. The van der Waals surface area contributed by atoms with Crippen LogP contribution < -0.4 is 0 Å². The number of hydrogen-bond acceptors (Lipinski definition) is 7. The van der Waals surface area contributed by atoms with Gasteiger partial charge in [-0.3, -0.25) is 4.98 Å². The van der Waals surface area contributed by atoms with Gasteiger partial charge in [-0.15, -0.1) is 0 Å². The third-order valence-corrected chi connectivity index (χ3v) is 10.2. The average Bonchev–Trinajstić information content (AvgIpc) is 3.27. The number of aromatic nitrogens is 1. The van der Waals surface area contributed by atoms with Gasteiger partial charge in [-0.1, -0.05) is 12.5 Å². The molecule has 3 aliphatic heterocycles. The van der Waals surface area contributed by atoms with Crippen LogP contribution >= 0.6 is 0 Å². The number of rotatable bonds is 2. The van der Waals surface area contributed by atoms with Crippen molar-refractivity contribution >= 4 is 0 Å². The second-order valence-corrected chi connectivity index (χ2v) is 12.3. The maximum Gasteiger partial charge on any atom is 0.417 e. The summed E-state index contributed by atoms with van der Waals surface area (Å²) in [6.45, 7) is 1.96. The lowest BCUT2D eigenvalue weighted by Gasteiger charge is -2.51. The number of nitrogens with zero attached hydrogens (tertiary/aromatic N) is 2. The number of alkyl halides is 3. The molecule has 0 amide bonds. The fourth-order valence-electron chi connectivity index (χ4n) is 7.94. The number of benzene rings is 1. The van der Waals surface area contributed by atoms with Gasteiger partial charge in [0.05, 0.1) is 40.3 Å². The van der Waals surface area contributed by atoms with Crippen molar-refractivity contribution in [2.24, 2.45) is 5.41 Å². The molecule has 10 heteroatoms. The summed E-state index contributed by atoms with van der Waals surface area (Å²) in [5.41, 5.74) is 1.21. The van der Waals surface area contributed by atoms with E-state index >= 15 is 0 Å². The van der Waals surface area contributed by atoms with Crippen molar-refractivity contribution in [1.29, 1.82) is 5.26 Å². The largest absolute Gasteiger partial charge is 0.417 e. The Bertz CT molecular complexity index is 1400. The maximum absolute atomic E-state index is 13.7. The zero-order valence-corrected chi connectivity index (χ0v) is 22.7. The number of hydrogen-bond donors (Lipinski definition) is 2. The lowest BCUT2D eigenvalue weighted by atomic mass is 9.57. The molecule has 218 valence electrons. The zero-order valence-electron chi connectivity index (χ0n) is 22.7. The highest BCUT2D eigenvalue weighted by atomic mass is 19.4. The molecule has 0 radical (unpaired) electrons. The standard InChI is InChI=1S/C31H33F3N2O5/c32-31(33,34)20-3-2-18(14-19(20)16-35)27-23-24(30(41-27)8-12-40-13-9-30)22-21(37)15-29(6-1-7-29)28(38)26(22)36-25(23)17-4-10-39-11-5-17/h2-3,14,17,21,27-28,37-38H,1,4-13,15H2. The van der Waals surface area contributed by atoms with Crippen molar-refractivity contribution in [1.82, 2.24) is 4.98 Å². The molecular formula is C31H33F3N2O5. The Balaban J connectivity index is 1.48. The third-order valence-electron chi connectivity index (χ3n) is 10.2. The van der Waals surface area contributed by atoms with E-state index in [9.17, 15) is 28.6 Å². The van der Waals surface area contributed by atoms with E-state index in [4.69, 9.17) is 19.2 Å². The molecule has 5 aliphatic rings. The summed E-state index contributed by atoms with van der Waals surface area (Å²) in [7, 11) is 0. The number of halogens is 3. The molecule has 2 N–H and O–H groups in total. The SMILES string of the molecule is N#Cc1cc(C2OC3(CCOCC3)c3c4c(nc(C5CCOCC5)c32)C(O)C2(CCC2)CC4O)ccc1C(F)(F)F. The molecule has 2 saturated heterocycles. The van der Waals surface area contributed by atoms with E-state index in [1.54, 1.807) is 6.07 Å². The quantitative estimate of drug-likeness (QED) is 0.482. The van der Waals surface area contributed by atoms with Gasteiger partial charge < -0.3 is 24.4 Å². The molecule has 3 fully saturated rings. The normalized spacial score (nSPS) is 28.6. The second-order valence-electron chi connectivity index (χ2n) is 12.3. The van der Waals surface area contributed by atoms with E-state index in [1.165, 1.54) is 12.1 Å². The highest BCUT2D eigenvalue weighted by Crippen LogP contribution is 2.63. The number of nitriles is 1. The van der Waals surface area contributed by atoms with Crippen molar-refractivity contribution in [3.05, 3.63) is 63.0 Å². The Morgan fingerprint density at radius 1 is 0.951 bits per heavy atom. The monoisotopic (exact) mass is 570 g/mol. The topological polar surface area (TPSA) is 105 Å². The second kappa shape index (κ2) is 9.75. The molecule has 7 rings (SSSR count). The molecule has 3 unspecified atom stereocenters. The van der Waals surface area contributed by atoms with Crippen LogP contribution in [0.15, 0.2) is 18.2 Å². The molecular weight excluding hydrogens is 537 g/mol. The van der Waals surface area contributed by atoms with Gasteiger partial charge >= 0.3 is 6.18 Å². The van der Waals surface area contributed by atoms with E-state index in [1.807, 2.05) is 0 Å². The van der Waals surface area contributed by atoms with Gasteiger partial charge in [0.25, 0.3) is 0 Å². The van der Waals surface area contributed by atoms with E-state index in [2.05, 4.69) is 0 Å². The first-order chi connectivity index (χ1) is 19.7. The van der Waals surface area contributed by atoms with Crippen molar-refractivity contribution in [2.45, 2.75) is 87.4 Å². The highest BCUT2D eigenvalue weighted by Gasteiger charge is 2.57. The van der Waals surface area contributed by atoms with Crippen LogP contribution in [0, 0.1) is 16.7 Å². The molecule has 2 spiro atoms. The molecule has 4 heterocycles. The molecule has 3 atom stereocenters. The Morgan fingerprint density at radius 3 is 2.29 bits per heavy atom. The van der Waals surface area contributed by atoms with Gasteiger partial charge in [0.2, 0.25) is 0 Å². The predicted molar refractivity (Wildman–Crippen MR) is 139 cm³/mol. The third kappa shape index (κ3) is 4.15. The molecule has 2 aromatic rings. The van der Waals surface area contributed by atoms with Gasteiger partial charge in [-0.2, -0.15) is 18.4 Å². The van der Waals surface area contributed by atoms with Crippen LogP contribution in [0.2, 0.25) is 0 Å². The first-order valence-electron chi connectivity index (χ1n) is 14.6. The van der Waals surface area contributed by atoms with E-state index < -0.39 is 46.6 Å². The lowest BCUT2D eigenvalue weighted by Crippen LogP contribution is -2.43. The summed E-state index contributed by atoms with van der Waals surface area (Å²) in [5.74, 6) is -0.00242. The van der Waals surface area contributed by atoms with Crippen LogP contribution in [0.25, 0.3) is 0 Å². The van der Waals surface area contributed by atoms with Crippen molar-refractivity contribution in [3.63, 3.8) is 0 Å². The first kappa shape index (κ1) is 27.3. The minimum atomic E-state index is -4.66. The molecule has 1 saturated carbocycles. The molecule has 1 aromatic heterocycles. The maximum atomic E-state index is 13.7. The van der Waals surface area contributed by atoms with Crippen LogP contribution in [0.5, 0.6) is 0 Å². The molecule has 7 nitrogen and oxygen atoms in total. The van der Waals surface area contributed by atoms with Crippen LogP contribution in [-0.2, 0) is 26.0 Å². The van der Waals surface area contributed by atoms with Crippen LogP contribution in [-0.4, -0.2) is 41.6 Å². The number of aliphatic hydroxyl groups excluding tert-OH is 2. The number of pyridine rings is 1. The summed E-state index contributed by atoms with van der Waals surface area (Å²) in [4.78, 5) is 5.15. The number of fused-ring (bicyclic) bond motifs is 4. The summed E-state index contributed by atoms with van der Waals surface area (Å²) in [5, 5.41) is 33.1. The van der Waals surface area contributed by atoms with Gasteiger partial charge in [0.15, 0.2) is 0 Å². The minimum Gasteiger partial charge on any atom is -0.388 e. The van der Waals surface area contributed by atoms with Crippen LogP contribution in [0.3, 0.4) is 0 Å². The van der Waals surface area contributed by atoms with Gasteiger partial charge in [0.1, 0.15) is 12.2 Å². The van der Waals surface area contributed by atoms with Crippen molar-refractivity contribution in [2.75, 3.05) is 26.4 Å². The van der Waals surface area contributed by atoms with Crippen LogP contribution in [0.4, 0.5) is 13.2 Å². The Hall–Kier alpha value is -2.55. The molecule has 1 aromatic carbocycles. The highest BCUT2D eigenvalue weighted by molar-refractivity contribution is 5.56. The minimum absolute atomic E-state index is 0.00242. The summed E-state index contributed by atoms with van der Waals surface area (Å²) >= 11 is 0. The average molecular weight is 571 g/mol. The van der Waals surface area contributed by atoms with Gasteiger partial charge in [0, 0.05) is 61.7 Å². The van der Waals surface area contributed by atoms with Crippen molar-refractivity contribution in [3.8, 4) is 6.07 Å². The Kier molecular flexibility index (Phi) is 6.49. The fraction of sp³-hybridized carbons (Fsp3) is 0.613. The summed E-state index contributed by atoms with van der Waals surface area (Å²) < 4.78 is 59.3. The summed E-state index contributed by atoms with van der Waals surface area (Å²) in [6, 6.07) is 5.33. The first-order valence-corrected chi connectivity index (χ1v) is 14.6. The van der Waals surface area contributed by atoms with Crippen LogP contribution in [0.1, 0.15) is 120 Å². The Labute approximate surface area is 236 Å². The molecule has 2 aliphatic carbocycles. The zero-order chi connectivity index (χ0) is 28.6. The fourth-order valence-corrected chi connectivity index (χ4v) is 7.94. The van der Waals surface area contributed by atoms with Crippen molar-refractivity contribution < 1.29 is 37.6 Å². The Morgan fingerprint density at radius 2 is 1.66 bits per heavy atom. The van der Waals surface area contributed by atoms with E-state index in [-0.39, 0.29) is 5.92 Å². The van der Waals surface area contributed by atoms with Gasteiger partial charge in [-0.25, -0.2) is 0 Å². The predicted octanol–water partition coefficient (Wildman–Crippen LogP) is 5.63. The van der Waals surface area contributed by atoms with E-state index in [0.29, 0.717) is 75.4 Å². The van der Waals surface area contributed by atoms with Gasteiger partial charge in [-0.05, 0) is 55.4 Å². The molecule has 41 heavy (non-hydrogen) atoms.